The first-order valence-electron chi connectivity index (χ1n) is 7.33. The van der Waals surface area contributed by atoms with Crippen LogP contribution in [-0.2, 0) is 15.9 Å². The third kappa shape index (κ3) is 3.39. The van der Waals surface area contributed by atoms with Gasteiger partial charge < -0.3 is 18.8 Å². The van der Waals surface area contributed by atoms with E-state index in [9.17, 15) is 4.79 Å². The molecule has 0 N–H and O–H groups in total. The predicted molar refractivity (Wildman–Crippen MR) is 85.0 cm³/mol. The van der Waals surface area contributed by atoms with Crippen LogP contribution in [0.1, 0.15) is 27.7 Å². The number of aromatic nitrogens is 1. The third-order valence-corrected chi connectivity index (χ3v) is 4.32. The normalized spacial score (nSPS) is 20.2. The highest BCUT2D eigenvalue weighted by Gasteiger charge is 2.51. The van der Waals surface area contributed by atoms with Gasteiger partial charge >= 0.3 is 7.12 Å². The Balaban J connectivity index is 2.22. The Hall–Kier alpha value is -1.11. The van der Waals surface area contributed by atoms with Crippen molar-refractivity contribution < 1.29 is 9.31 Å². The average molecular weight is 292 g/mol. The Morgan fingerprint density at radius 1 is 1.14 bits per heavy atom. The molecule has 2 rings (SSSR count). The van der Waals surface area contributed by atoms with Crippen molar-refractivity contribution in [3.63, 3.8) is 0 Å². The quantitative estimate of drug-likeness (QED) is 0.767. The van der Waals surface area contributed by atoms with Crippen LogP contribution in [0.3, 0.4) is 0 Å². The van der Waals surface area contributed by atoms with Crippen molar-refractivity contribution in [1.29, 1.82) is 0 Å². The van der Waals surface area contributed by atoms with Gasteiger partial charge in [0, 0.05) is 25.4 Å². The molecular formula is C15H25BN2O3. The van der Waals surface area contributed by atoms with Crippen LogP contribution in [0.4, 0.5) is 0 Å². The standard InChI is InChI=1S/C15H25BN2O3/c1-14(2)15(3,4)21-16(20-14)12-7-8-13(19)18(11-12)10-9-17(5)6/h7-8,11H,9-10H2,1-6H3. The molecule has 1 aromatic rings. The van der Waals surface area contributed by atoms with E-state index in [2.05, 4.69) is 0 Å². The summed E-state index contributed by atoms with van der Waals surface area (Å²) in [5, 5.41) is 0. The highest BCUT2D eigenvalue weighted by atomic mass is 16.7. The molecule has 0 saturated carbocycles. The fourth-order valence-electron chi connectivity index (χ4n) is 2.15. The van der Waals surface area contributed by atoms with E-state index in [1.165, 1.54) is 0 Å². The summed E-state index contributed by atoms with van der Waals surface area (Å²) in [4.78, 5) is 14.0. The maximum absolute atomic E-state index is 11.9. The van der Waals surface area contributed by atoms with E-state index < -0.39 is 7.12 Å². The largest absolute Gasteiger partial charge is 0.496 e. The highest BCUT2D eigenvalue weighted by Crippen LogP contribution is 2.36. The molecule has 1 aromatic heterocycles. The lowest BCUT2D eigenvalue weighted by atomic mass is 9.80. The lowest BCUT2D eigenvalue weighted by molar-refractivity contribution is 0.00578. The molecule has 0 radical (unpaired) electrons. The van der Waals surface area contributed by atoms with Crippen LogP contribution in [0.2, 0.25) is 0 Å². The summed E-state index contributed by atoms with van der Waals surface area (Å²) in [5.41, 5.74) is 0.133. The maximum atomic E-state index is 11.9. The van der Waals surface area contributed by atoms with Crippen LogP contribution in [-0.4, -0.2) is 48.4 Å². The van der Waals surface area contributed by atoms with E-state index in [4.69, 9.17) is 9.31 Å². The van der Waals surface area contributed by atoms with E-state index in [1.54, 1.807) is 16.7 Å². The average Bonchev–Trinajstić information content (AvgIpc) is 2.57. The van der Waals surface area contributed by atoms with Gasteiger partial charge in [0.2, 0.25) is 0 Å². The number of hydrogen-bond donors (Lipinski definition) is 0. The molecule has 0 bridgehead atoms. The number of hydrogen-bond acceptors (Lipinski definition) is 4. The molecule has 0 amide bonds. The lowest BCUT2D eigenvalue weighted by Gasteiger charge is -2.32. The van der Waals surface area contributed by atoms with Crippen molar-refractivity contribution >= 4 is 12.6 Å². The zero-order chi connectivity index (χ0) is 15.8. The molecule has 1 saturated heterocycles. The minimum atomic E-state index is -0.429. The van der Waals surface area contributed by atoms with Gasteiger partial charge in [0.25, 0.3) is 5.56 Å². The Morgan fingerprint density at radius 2 is 1.71 bits per heavy atom. The van der Waals surface area contributed by atoms with Crippen molar-refractivity contribution in [2.75, 3.05) is 20.6 Å². The summed E-state index contributed by atoms with van der Waals surface area (Å²) in [6.07, 6.45) is 1.84. The smallest absolute Gasteiger partial charge is 0.399 e. The summed E-state index contributed by atoms with van der Waals surface area (Å²) in [5.74, 6) is 0. The lowest BCUT2D eigenvalue weighted by Crippen LogP contribution is -2.41. The van der Waals surface area contributed by atoms with Gasteiger partial charge in [0.1, 0.15) is 0 Å². The van der Waals surface area contributed by atoms with Gasteiger partial charge in [-0.1, -0.05) is 6.07 Å². The molecule has 1 aliphatic rings. The molecule has 6 heteroatoms. The van der Waals surface area contributed by atoms with Crippen LogP contribution < -0.4 is 11.0 Å². The molecular weight excluding hydrogens is 267 g/mol. The van der Waals surface area contributed by atoms with Crippen LogP contribution in [0.5, 0.6) is 0 Å². The first-order valence-corrected chi connectivity index (χ1v) is 7.33. The number of rotatable bonds is 4. The summed E-state index contributed by atoms with van der Waals surface area (Å²) in [6, 6.07) is 3.37. The Labute approximate surface area is 127 Å². The van der Waals surface area contributed by atoms with Gasteiger partial charge in [-0.05, 0) is 47.3 Å². The van der Waals surface area contributed by atoms with Crippen molar-refractivity contribution in [3.05, 3.63) is 28.7 Å². The van der Waals surface area contributed by atoms with E-state index in [1.807, 2.05) is 52.9 Å². The number of nitrogens with zero attached hydrogens (tertiary/aromatic N) is 2. The Bertz CT molecular complexity index is 550. The van der Waals surface area contributed by atoms with Gasteiger partial charge in [-0.15, -0.1) is 0 Å². The monoisotopic (exact) mass is 292 g/mol. The molecule has 0 aromatic carbocycles. The molecule has 1 aliphatic heterocycles. The zero-order valence-corrected chi connectivity index (χ0v) is 13.8. The van der Waals surface area contributed by atoms with E-state index in [0.717, 1.165) is 12.0 Å². The van der Waals surface area contributed by atoms with Crippen molar-refractivity contribution in [2.45, 2.75) is 45.4 Å². The van der Waals surface area contributed by atoms with Crippen LogP contribution in [0, 0.1) is 0 Å². The van der Waals surface area contributed by atoms with Gasteiger partial charge in [-0.3, -0.25) is 4.79 Å². The SMILES string of the molecule is CN(C)CCn1cc(B2OC(C)(C)C(C)(C)O2)ccc1=O. The van der Waals surface area contributed by atoms with Gasteiger partial charge in [-0.2, -0.15) is 0 Å². The van der Waals surface area contributed by atoms with Gasteiger partial charge in [0.05, 0.1) is 11.2 Å². The second-order valence-electron chi connectivity index (χ2n) is 6.89. The minimum absolute atomic E-state index is 0.00267. The first kappa shape index (κ1) is 16.3. The Kier molecular flexibility index (Phi) is 4.33. The van der Waals surface area contributed by atoms with E-state index in [0.29, 0.717) is 6.54 Å². The third-order valence-electron chi connectivity index (χ3n) is 4.32. The second-order valence-corrected chi connectivity index (χ2v) is 6.89. The molecule has 0 spiro atoms. The zero-order valence-electron chi connectivity index (χ0n) is 13.8. The summed E-state index contributed by atoms with van der Waals surface area (Å²) in [6.45, 7) is 9.56. The fraction of sp³-hybridized carbons (Fsp3) is 0.667. The minimum Gasteiger partial charge on any atom is -0.399 e. The van der Waals surface area contributed by atoms with E-state index >= 15 is 0 Å². The van der Waals surface area contributed by atoms with Crippen molar-refractivity contribution in [3.8, 4) is 0 Å². The number of likely N-dealkylation sites (N-methyl/N-ethyl adjacent to an activating group) is 1. The molecule has 1 fully saturated rings. The van der Waals surface area contributed by atoms with Crippen molar-refractivity contribution in [1.82, 2.24) is 9.47 Å². The van der Waals surface area contributed by atoms with E-state index in [-0.39, 0.29) is 16.8 Å². The summed E-state index contributed by atoms with van der Waals surface area (Å²) in [7, 11) is 3.55. The van der Waals surface area contributed by atoms with Gasteiger partial charge in [-0.25, -0.2) is 0 Å². The molecule has 0 unspecified atom stereocenters. The highest BCUT2D eigenvalue weighted by molar-refractivity contribution is 6.62. The second kappa shape index (κ2) is 5.59. The molecule has 116 valence electrons. The van der Waals surface area contributed by atoms with Crippen LogP contribution in [0.25, 0.3) is 0 Å². The first-order chi connectivity index (χ1) is 9.62. The predicted octanol–water partition coefficient (Wildman–Crippen LogP) is 0.709. The fourth-order valence-corrected chi connectivity index (χ4v) is 2.15. The molecule has 5 nitrogen and oxygen atoms in total. The molecule has 21 heavy (non-hydrogen) atoms. The van der Waals surface area contributed by atoms with Crippen molar-refractivity contribution in [2.24, 2.45) is 0 Å². The topological polar surface area (TPSA) is 43.7 Å². The number of pyridine rings is 1. The molecule has 0 atom stereocenters. The summed E-state index contributed by atoms with van der Waals surface area (Å²) < 4.78 is 13.8. The molecule has 2 heterocycles. The summed E-state index contributed by atoms with van der Waals surface area (Å²) >= 11 is 0. The van der Waals surface area contributed by atoms with Crippen LogP contribution >= 0.6 is 0 Å². The molecule has 0 aliphatic carbocycles. The van der Waals surface area contributed by atoms with Crippen LogP contribution in [0.15, 0.2) is 23.1 Å². The Morgan fingerprint density at radius 3 is 2.24 bits per heavy atom. The van der Waals surface area contributed by atoms with Gasteiger partial charge in [0.15, 0.2) is 0 Å². The maximum Gasteiger partial charge on any atom is 0.496 e.